The monoisotopic (exact) mass is 1460 g/mol. The topological polar surface area (TPSA) is 237 Å². The van der Waals surface area contributed by atoms with Gasteiger partial charge in [-0.1, -0.05) is 301 Å². The molecular formula is C81H150O17P2. The molecule has 0 rings (SSSR count). The summed E-state index contributed by atoms with van der Waals surface area (Å²) in [4.78, 5) is 73.0. The molecule has 0 aromatic carbocycles. The zero-order chi connectivity index (χ0) is 73.2. The van der Waals surface area contributed by atoms with Crippen LogP contribution < -0.4 is 0 Å². The third-order valence-electron chi connectivity index (χ3n) is 17.8. The van der Waals surface area contributed by atoms with E-state index in [1.807, 2.05) is 0 Å². The molecule has 0 aromatic heterocycles. The SMILES string of the molecule is CCCCC/C=C\C/C=C\CCCCCCCC(=O)O[C@H](COC(=O)CCCCCCCCC/C=C\CCCCCC)COP(=O)(O)OC[C@@H](O)COP(=O)(O)OC[C@@H](COC(=O)CCCCCCCCCCCCCCCCC)OC(=O)CCCCCCC/C=C\CCCCCCCC. The van der Waals surface area contributed by atoms with Crippen molar-refractivity contribution in [1.29, 1.82) is 0 Å². The first kappa shape index (κ1) is 97.0. The van der Waals surface area contributed by atoms with Gasteiger partial charge in [-0.25, -0.2) is 9.13 Å². The van der Waals surface area contributed by atoms with Gasteiger partial charge in [0, 0.05) is 25.7 Å². The van der Waals surface area contributed by atoms with Crippen molar-refractivity contribution in [3.8, 4) is 0 Å². The van der Waals surface area contributed by atoms with Crippen LogP contribution in [0.25, 0.3) is 0 Å². The lowest BCUT2D eigenvalue weighted by atomic mass is 10.0. The molecule has 19 heteroatoms. The van der Waals surface area contributed by atoms with Crippen molar-refractivity contribution in [2.75, 3.05) is 39.6 Å². The lowest BCUT2D eigenvalue weighted by Crippen LogP contribution is -2.30. The van der Waals surface area contributed by atoms with Crippen LogP contribution in [0.15, 0.2) is 48.6 Å². The number of allylic oxidation sites excluding steroid dienone is 8. The Morgan fingerprint density at radius 3 is 0.780 bits per heavy atom. The molecule has 586 valence electrons. The van der Waals surface area contributed by atoms with Gasteiger partial charge in [-0.3, -0.25) is 37.3 Å². The molecule has 17 nitrogen and oxygen atoms in total. The summed E-state index contributed by atoms with van der Waals surface area (Å²) in [7, 11) is -9.94. The quantitative estimate of drug-likeness (QED) is 0.0169. The number of hydrogen-bond donors (Lipinski definition) is 3. The van der Waals surface area contributed by atoms with E-state index in [4.69, 9.17) is 37.0 Å². The third kappa shape index (κ3) is 73.3. The van der Waals surface area contributed by atoms with E-state index in [-0.39, 0.29) is 25.7 Å². The Bertz CT molecular complexity index is 2080. The number of esters is 4. The molecular weight excluding hydrogens is 1310 g/mol. The molecule has 2 unspecified atom stereocenters. The molecule has 0 bridgehead atoms. The Kier molecular flexibility index (Phi) is 72.1. The van der Waals surface area contributed by atoms with E-state index in [0.717, 1.165) is 141 Å². The molecule has 3 N–H and O–H groups in total. The number of carbonyl (C=O) groups is 4. The number of phosphoric ester groups is 2. The Labute approximate surface area is 610 Å². The van der Waals surface area contributed by atoms with Gasteiger partial charge in [0.25, 0.3) is 0 Å². The molecule has 0 aliphatic rings. The van der Waals surface area contributed by atoms with E-state index in [0.29, 0.717) is 25.7 Å². The largest absolute Gasteiger partial charge is 0.472 e. The fraction of sp³-hybridized carbons (Fsp3) is 0.852. The van der Waals surface area contributed by atoms with Crippen LogP contribution >= 0.6 is 15.6 Å². The first-order valence-electron chi connectivity index (χ1n) is 40.9. The van der Waals surface area contributed by atoms with Gasteiger partial charge in [0.15, 0.2) is 12.2 Å². The smallest absolute Gasteiger partial charge is 0.462 e. The second-order valence-electron chi connectivity index (χ2n) is 27.7. The number of ether oxygens (including phenoxy) is 4. The van der Waals surface area contributed by atoms with E-state index in [9.17, 15) is 43.2 Å². The summed E-state index contributed by atoms with van der Waals surface area (Å²) in [5.41, 5.74) is 0. The predicted molar refractivity (Wildman–Crippen MR) is 409 cm³/mol. The van der Waals surface area contributed by atoms with E-state index in [2.05, 4.69) is 76.3 Å². The summed E-state index contributed by atoms with van der Waals surface area (Å²) in [6.07, 6.45) is 72.2. The molecule has 0 radical (unpaired) electrons. The fourth-order valence-corrected chi connectivity index (χ4v) is 13.1. The van der Waals surface area contributed by atoms with Gasteiger partial charge < -0.3 is 33.8 Å². The highest BCUT2D eigenvalue weighted by Gasteiger charge is 2.30. The summed E-state index contributed by atoms with van der Waals surface area (Å²) >= 11 is 0. The van der Waals surface area contributed by atoms with Gasteiger partial charge in [-0.2, -0.15) is 0 Å². The summed E-state index contributed by atoms with van der Waals surface area (Å²) < 4.78 is 68.7. The lowest BCUT2D eigenvalue weighted by Gasteiger charge is -2.21. The maximum atomic E-state index is 13.1. The van der Waals surface area contributed by atoms with Gasteiger partial charge in [-0.05, 0) is 109 Å². The van der Waals surface area contributed by atoms with Crippen LogP contribution in [-0.4, -0.2) is 96.7 Å². The average Bonchev–Trinajstić information content (AvgIpc) is 1.25. The Morgan fingerprint density at radius 1 is 0.280 bits per heavy atom. The highest BCUT2D eigenvalue weighted by atomic mass is 31.2. The lowest BCUT2D eigenvalue weighted by molar-refractivity contribution is -0.161. The Balaban J connectivity index is 5.33. The van der Waals surface area contributed by atoms with Crippen LogP contribution in [0.4, 0.5) is 0 Å². The fourth-order valence-electron chi connectivity index (χ4n) is 11.5. The average molecular weight is 1460 g/mol. The van der Waals surface area contributed by atoms with E-state index in [1.54, 1.807) is 0 Å². The van der Waals surface area contributed by atoms with Crippen LogP contribution in [-0.2, 0) is 65.4 Å². The standard InChI is InChI=1S/C81H150O17P2/c1-5-9-13-17-21-25-29-33-37-41-45-49-53-57-61-65-78(83)91-71-76(97-80(85)67-63-59-55-51-47-43-39-35-31-27-23-19-15-11-7-3)73-95-99(87,88)93-69-75(82)70-94-100(89,90)96-74-77(98-81(86)68-64-60-56-52-48-44-40-36-32-28-24-20-16-12-8-4)72-92-79(84)66-62-58-54-50-46-42-38-34-30-26-22-18-14-10-6-2/h23,25,27,29,35-36,39-40,75-77,82H,5-22,24,26,28,30-34,37-38,41-74H2,1-4H3,(H,87,88)(H,89,90)/b27-23-,29-25-,39-35-,40-36-/t75-,76-,77-/m1/s1. The van der Waals surface area contributed by atoms with Gasteiger partial charge >= 0.3 is 39.5 Å². The zero-order valence-electron chi connectivity index (χ0n) is 64.1. The molecule has 0 amide bonds. The predicted octanol–water partition coefficient (Wildman–Crippen LogP) is 23.7. The van der Waals surface area contributed by atoms with E-state index >= 15 is 0 Å². The van der Waals surface area contributed by atoms with Crippen LogP contribution in [0.5, 0.6) is 0 Å². The second-order valence-corrected chi connectivity index (χ2v) is 30.6. The van der Waals surface area contributed by atoms with Crippen molar-refractivity contribution >= 4 is 39.5 Å². The van der Waals surface area contributed by atoms with Crippen LogP contribution in [0.3, 0.4) is 0 Å². The molecule has 0 spiro atoms. The van der Waals surface area contributed by atoms with Crippen LogP contribution in [0.1, 0.15) is 387 Å². The highest BCUT2D eigenvalue weighted by molar-refractivity contribution is 7.47. The minimum Gasteiger partial charge on any atom is -0.462 e. The molecule has 0 fully saturated rings. The van der Waals surface area contributed by atoms with Crippen molar-refractivity contribution in [3.63, 3.8) is 0 Å². The highest BCUT2D eigenvalue weighted by Crippen LogP contribution is 2.45. The molecule has 5 atom stereocenters. The first-order chi connectivity index (χ1) is 48.7. The second kappa shape index (κ2) is 74.3. The molecule has 0 aliphatic heterocycles. The molecule has 100 heavy (non-hydrogen) atoms. The summed E-state index contributed by atoms with van der Waals surface area (Å²) in [5.74, 6) is -2.16. The van der Waals surface area contributed by atoms with Gasteiger partial charge in [0.1, 0.15) is 19.3 Å². The minimum absolute atomic E-state index is 0.0830. The number of carbonyl (C=O) groups excluding carboxylic acids is 4. The summed E-state index contributed by atoms with van der Waals surface area (Å²) in [6.45, 7) is 4.89. The maximum absolute atomic E-state index is 13.1. The zero-order valence-corrected chi connectivity index (χ0v) is 65.9. The van der Waals surface area contributed by atoms with Gasteiger partial charge in [0.05, 0.1) is 26.4 Å². The van der Waals surface area contributed by atoms with Gasteiger partial charge in [-0.15, -0.1) is 0 Å². The molecule has 0 heterocycles. The van der Waals surface area contributed by atoms with E-state index < -0.39 is 97.5 Å². The molecule has 0 saturated carbocycles. The van der Waals surface area contributed by atoms with E-state index in [1.165, 1.54) is 167 Å². The van der Waals surface area contributed by atoms with Crippen molar-refractivity contribution in [3.05, 3.63) is 48.6 Å². The number of phosphoric acid groups is 2. The Morgan fingerprint density at radius 2 is 0.490 bits per heavy atom. The van der Waals surface area contributed by atoms with Crippen LogP contribution in [0, 0.1) is 0 Å². The van der Waals surface area contributed by atoms with Gasteiger partial charge in [0.2, 0.25) is 0 Å². The molecule has 0 aromatic rings. The number of rotatable bonds is 78. The van der Waals surface area contributed by atoms with Crippen molar-refractivity contribution in [2.45, 2.75) is 406 Å². The molecule has 0 aliphatic carbocycles. The number of hydrogen-bond acceptors (Lipinski definition) is 15. The number of unbranched alkanes of at least 4 members (excludes halogenated alkanes) is 44. The minimum atomic E-state index is -4.97. The normalized spacial score (nSPS) is 14.1. The molecule has 0 saturated heterocycles. The van der Waals surface area contributed by atoms with Crippen molar-refractivity contribution in [2.24, 2.45) is 0 Å². The van der Waals surface area contributed by atoms with Crippen molar-refractivity contribution in [1.82, 2.24) is 0 Å². The number of aliphatic hydroxyl groups excluding tert-OH is 1. The third-order valence-corrected chi connectivity index (χ3v) is 19.7. The van der Waals surface area contributed by atoms with Crippen molar-refractivity contribution < 1.29 is 80.2 Å². The summed E-state index contributed by atoms with van der Waals surface area (Å²) in [6, 6.07) is 0. The Hall–Kier alpha value is -2.98. The summed E-state index contributed by atoms with van der Waals surface area (Å²) in [5, 5.41) is 10.6. The van der Waals surface area contributed by atoms with Crippen LogP contribution in [0.2, 0.25) is 0 Å². The maximum Gasteiger partial charge on any atom is 0.472 e. The number of aliphatic hydroxyl groups is 1. The first-order valence-corrected chi connectivity index (χ1v) is 43.9.